The summed E-state index contributed by atoms with van der Waals surface area (Å²) >= 11 is 3.40. The predicted molar refractivity (Wildman–Crippen MR) is 219 cm³/mol. The van der Waals surface area contributed by atoms with E-state index in [1.54, 1.807) is 27.6 Å². The maximum atomic E-state index is 14.0. The van der Waals surface area contributed by atoms with Gasteiger partial charge in [-0.05, 0) is 67.0 Å². The first-order valence-corrected chi connectivity index (χ1v) is 20.7. The van der Waals surface area contributed by atoms with Crippen LogP contribution in [0.3, 0.4) is 0 Å². The quantitative estimate of drug-likeness (QED) is 0.109. The van der Waals surface area contributed by atoms with E-state index in [1.807, 2.05) is 61.3 Å². The molecule has 6 aromatic rings. The summed E-state index contributed by atoms with van der Waals surface area (Å²) in [6.07, 6.45) is 3.75. The van der Waals surface area contributed by atoms with Crippen LogP contribution in [-0.2, 0) is 19.1 Å². The van der Waals surface area contributed by atoms with Gasteiger partial charge in [0.2, 0.25) is 5.91 Å². The number of H-pyrrole nitrogens is 2. The van der Waals surface area contributed by atoms with Crippen molar-refractivity contribution in [2.75, 3.05) is 27.3 Å². The van der Waals surface area contributed by atoms with Crippen LogP contribution in [0.1, 0.15) is 74.9 Å². The molecule has 0 radical (unpaired) electrons. The van der Waals surface area contributed by atoms with Gasteiger partial charge in [-0.3, -0.25) is 9.59 Å². The van der Waals surface area contributed by atoms with Crippen molar-refractivity contribution in [3.05, 3.63) is 84.1 Å². The lowest BCUT2D eigenvalue weighted by molar-refractivity contribution is -0.135. The molecule has 57 heavy (non-hydrogen) atoms. The molecule has 2 aliphatic rings. The third-order valence-corrected chi connectivity index (χ3v) is 13.2. The van der Waals surface area contributed by atoms with E-state index in [-0.39, 0.29) is 29.8 Å². The second-order valence-electron chi connectivity index (χ2n) is 14.7. The largest absolute Gasteiger partial charge is 0.453 e. The van der Waals surface area contributed by atoms with Gasteiger partial charge in [-0.25, -0.2) is 19.6 Å². The molecule has 2 aromatic carbocycles. The van der Waals surface area contributed by atoms with Crippen LogP contribution in [0.4, 0.5) is 9.59 Å². The standard InChI is InChI=1S/C41H44N8O6S2/c1-22(2)34(46-40(52)54-3)38(50)48-16-8-12-28(48)36-42-21-27(45-36)31-20-33-32(57-31)19-30(56-33)24-14-15-25-26(18-24)44-37(43-25)29-13-9-17-49(29)39(51)35(47-41(53)55-4)23-10-6-5-7-11-23/h5-7,10-11,14-15,18-22,28-29,34-35H,8-9,12-13,16-17H2,1-4H3,(H,42,45)(H,43,44)(H,46,52)(H,47,53)/t28?,29?,34-,35+/m0/s1. The van der Waals surface area contributed by atoms with Gasteiger partial charge in [0.15, 0.2) is 0 Å². The maximum absolute atomic E-state index is 14.0. The van der Waals surface area contributed by atoms with Gasteiger partial charge in [0, 0.05) is 27.4 Å². The lowest BCUT2D eigenvalue weighted by atomic mass is 10.0. The fourth-order valence-corrected chi connectivity index (χ4v) is 10.2. The Bertz CT molecular complexity index is 2400. The van der Waals surface area contributed by atoms with Gasteiger partial charge in [-0.1, -0.05) is 50.2 Å². The van der Waals surface area contributed by atoms with Crippen LogP contribution in [0.15, 0.2) is 66.9 Å². The number of rotatable bonds is 10. The highest BCUT2D eigenvalue weighted by molar-refractivity contribution is 7.31. The molecule has 0 aliphatic carbocycles. The zero-order valence-corrected chi connectivity index (χ0v) is 33.7. The lowest BCUT2D eigenvalue weighted by Gasteiger charge is -2.30. The lowest BCUT2D eigenvalue weighted by Crippen LogP contribution is -2.51. The number of nitrogens with one attached hydrogen (secondary N) is 4. The average Bonchev–Trinajstić information content (AvgIpc) is 4.07. The number of hydrogen-bond donors (Lipinski definition) is 4. The summed E-state index contributed by atoms with van der Waals surface area (Å²) in [6.45, 7) is 4.96. The molecule has 0 saturated carbocycles. The highest BCUT2D eigenvalue weighted by Crippen LogP contribution is 2.43. The van der Waals surface area contributed by atoms with E-state index in [1.165, 1.54) is 14.2 Å². The van der Waals surface area contributed by atoms with E-state index in [0.29, 0.717) is 18.7 Å². The molecule has 2 fully saturated rings. The van der Waals surface area contributed by atoms with E-state index in [2.05, 4.69) is 44.9 Å². The van der Waals surface area contributed by atoms with Gasteiger partial charge >= 0.3 is 12.2 Å². The Balaban J connectivity index is 0.981. The molecule has 4 amide bonds. The third-order valence-electron chi connectivity index (χ3n) is 10.8. The number of imidazole rings is 2. The molecule has 296 valence electrons. The molecule has 4 atom stereocenters. The molecule has 14 nitrogen and oxygen atoms in total. The zero-order valence-electron chi connectivity index (χ0n) is 32.0. The number of nitrogens with zero attached hydrogens (tertiary/aromatic N) is 4. The van der Waals surface area contributed by atoms with E-state index >= 15 is 0 Å². The van der Waals surface area contributed by atoms with Crippen LogP contribution >= 0.6 is 22.7 Å². The molecule has 0 spiro atoms. The fourth-order valence-electron chi connectivity index (χ4n) is 7.87. The van der Waals surface area contributed by atoms with E-state index in [0.717, 1.165) is 78.8 Å². The first kappa shape index (κ1) is 38.1. The Morgan fingerprint density at radius 3 is 2.14 bits per heavy atom. The summed E-state index contributed by atoms with van der Waals surface area (Å²) in [5, 5.41) is 5.43. The number of amides is 4. The van der Waals surface area contributed by atoms with Crippen LogP contribution in [0, 0.1) is 5.92 Å². The smallest absolute Gasteiger partial charge is 0.407 e. The van der Waals surface area contributed by atoms with Crippen LogP contribution in [0.5, 0.6) is 0 Å². The Morgan fingerprint density at radius 2 is 1.44 bits per heavy atom. The topological polar surface area (TPSA) is 175 Å². The number of methoxy groups -OCH3 is 2. The number of carbonyl (C=O) groups is 4. The summed E-state index contributed by atoms with van der Waals surface area (Å²) in [4.78, 5) is 74.2. The van der Waals surface area contributed by atoms with Gasteiger partial charge in [0.05, 0.1) is 54.1 Å². The van der Waals surface area contributed by atoms with Gasteiger partial charge < -0.3 is 39.9 Å². The Labute approximate surface area is 337 Å². The zero-order chi connectivity index (χ0) is 39.8. The highest BCUT2D eigenvalue weighted by Gasteiger charge is 2.39. The monoisotopic (exact) mass is 808 g/mol. The fraction of sp³-hybridized carbons (Fsp3) is 0.366. The molecule has 4 N–H and O–H groups in total. The van der Waals surface area contributed by atoms with Crippen LogP contribution in [0.25, 0.3) is 41.4 Å². The maximum Gasteiger partial charge on any atom is 0.407 e. The molecule has 4 aromatic heterocycles. The van der Waals surface area contributed by atoms with E-state index < -0.39 is 24.3 Å². The van der Waals surface area contributed by atoms with Crippen molar-refractivity contribution in [2.24, 2.45) is 5.92 Å². The molecule has 2 saturated heterocycles. The van der Waals surface area contributed by atoms with Crippen molar-refractivity contribution in [1.29, 1.82) is 0 Å². The second kappa shape index (κ2) is 16.0. The van der Waals surface area contributed by atoms with Gasteiger partial charge in [-0.15, -0.1) is 22.7 Å². The van der Waals surface area contributed by atoms with Crippen molar-refractivity contribution in [2.45, 2.75) is 63.7 Å². The number of ether oxygens (including phenoxy) is 2. The summed E-state index contributed by atoms with van der Waals surface area (Å²) in [7, 11) is 2.58. The molecular weight excluding hydrogens is 765 g/mol. The Hall–Kier alpha value is -5.74. The first-order valence-electron chi connectivity index (χ1n) is 19.1. The van der Waals surface area contributed by atoms with E-state index in [9.17, 15) is 19.2 Å². The number of carbonyl (C=O) groups excluding carboxylic acids is 4. The molecule has 6 heterocycles. The molecule has 2 unspecified atom stereocenters. The summed E-state index contributed by atoms with van der Waals surface area (Å²) in [5.74, 6) is 1.00. The number of benzene rings is 2. The van der Waals surface area contributed by atoms with Gasteiger partial charge in [0.1, 0.15) is 23.7 Å². The van der Waals surface area contributed by atoms with Crippen LogP contribution < -0.4 is 10.6 Å². The van der Waals surface area contributed by atoms with Crippen molar-refractivity contribution in [3.8, 4) is 21.0 Å². The summed E-state index contributed by atoms with van der Waals surface area (Å²) in [6, 6.07) is 17.7. The molecule has 2 aliphatic heterocycles. The second-order valence-corrected chi connectivity index (χ2v) is 16.9. The number of hydrogen-bond acceptors (Lipinski definition) is 10. The van der Waals surface area contributed by atoms with Gasteiger partial charge in [0.25, 0.3) is 5.91 Å². The molecule has 16 heteroatoms. The number of alkyl carbamates (subject to hydrolysis) is 2. The minimum absolute atomic E-state index is 0.106. The number of aromatic amines is 2. The minimum Gasteiger partial charge on any atom is -0.453 e. The number of thiophene rings is 2. The SMILES string of the molecule is COC(=O)N[C@H](C(=O)N1CCCC1c1ncc(-c2cc3sc(-c4ccc5nc(C6CCCN6C(=O)[C@H](NC(=O)OC)c6ccccc6)[nH]c5c4)cc3s2)[nH]1)C(C)C. The molecule has 8 rings (SSSR count). The number of likely N-dealkylation sites (tertiary alicyclic amines) is 2. The summed E-state index contributed by atoms with van der Waals surface area (Å²) < 4.78 is 11.9. The molecular formula is C41H44N8O6S2. The van der Waals surface area contributed by atoms with Crippen molar-refractivity contribution < 1.29 is 28.7 Å². The Morgan fingerprint density at radius 1 is 0.789 bits per heavy atom. The van der Waals surface area contributed by atoms with E-state index in [4.69, 9.17) is 19.4 Å². The highest BCUT2D eigenvalue weighted by atomic mass is 32.1. The molecule has 0 bridgehead atoms. The summed E-state index contributed by atoms with van der Waals surface area (Å²) in [5.41, 5.74) is 4.35. The Kier molecular flexibility index (Phi) is 10.7. The van der Waals surface area contributed by atoms with Crippen molar-refractivity contribution in [3.63, 3.8) is 0 Å². The number of fused-ring (bicyclic) bond motifs is 2. The van der Waals surface area contributed by atoms with Crippen LogP contribution in [0.2, 0.25) is 0 Å². The average molecular weight is 809 g/mol. The predicted octanol–water partition coefficient (Wildman–Crippen LogP) is 7.70. The normalized spacial score (nSPS) is 18.0. The third kappa shape index (κ3) is 7.58. The minimum atomic E-state index is -0.882. The van der Waals surface area contributed by atoms with Crippen LogP contribution in [-0.4, -0.2) is 87.1 Å². The van der Waals surface area contributed by atoms with Crippen molar-refractivity contribution in [1.82, 2.24) is 40.4 Å². The first-order chi connectivity index (χ1) is 27.6. The number of aromatic nitrogens is 4. The van der Waals surface area contributed by atoms with Gasteiger partial charge in [-0.2, -0.15) is 0 Å². The van der Waals surface area contributed by atoms with Crippen molar-refractivity contribution >= 4 is 67.1 Å².